The standard InChI is InChI=1S/C25H35N5O3S/c1-14-7-23(2,3)13-25(8-14)20(32)30(22(33)27-25)12-18(31)26-21-29-28-19(34-21)24-9-15-4-16(10-24)6-17(5-15)11-24/h14-17H,4-13H2,1-3H3,(H,27,33)(H,26,29,31)/t14-,15?,16?,17?,24?,25+/m0/s1. The maximum Gasteiger partial charge on any atom is 0.325 e. The molecule has 2 atom stereocenters. The van der Waals surface area contributed by atoms with Gasteiger partial charge in [-0.1, -0.05) is 32.1 Å². The number of nitrogens with one attached hydrogen (secondary N) is 2. The van der Waals surface area contributed by atoms with Crippen molar-refractivity contribution < 1.29 is 14.4 Å². The summed E-state index contributed by atoms with van der Waals surface area (Å²) in [6, 6.07) is -0.475. The number of anilines is 1. The normalized spacial score (nSPS) is 40.1. The van der Waals surface area contributed by atoms with Crippen molar-refractivity contribution in [3.8, 4) is 0 Å². The van der Waals surface area contributed by atoms with E-state index in [2.05, 4.69) is 41.6 Å². The summed E-state index contributed by atoms with van der Waals surface area (Å²) in [4.78, 5) is 39.9. The van der Waals surface area contributed by atoms with E-state index in [1.807, 2.05) is 0 Å². The molecule has 184 valence electrons. The molecule has 34 heavy (non-hydrogen) atoms. The molecule has 6 aliphatic rings. The minimum absolute atomic E-state index is 0.0426. The van der Waals surface area contributed by atoms with Gasteiger partial charge in [0.05, 0.1) is 0 Å². The Kier molecular flexibility index (Phi) is 4.94. The number of hydrogen-bond donors (Lipinski definition) is 2. The smallest absolute Gasteiger partial charge is 0.323 e. The summed E-state index contributed by atoms with van der Waals surface area (Å²) in [6.07, 6.45) is 9.91. The van der Waals surface area contributed by atoms with Gasteiger partial charge in [-0.3, -0.25) is 19.8 Å². The van der Waals surface area contributed by atoms with Crippen LogP contribution in [0.2, 0.25) is 0 Å². The van der Waals surface area contributed by atoms with Crippen LogP contribution in [-0.2, 0) is 15.0 Å². The van der Waals surface area contributed by atoms with Crippen molar-refractivity contribution in [1.82, 2.24) is 20.4 Å². The highest BCUT2D eigenvalue weighted by Gasteiger charge is 2.56. The van der Waals surface area contributed by atoms with Gasteiger partial charge in [0.25, 0.3) is 5.91 Å². The molecule has 1 aliphatic heterocycles. The van der Waals surface area contributed by atoms with E-state index in [4.69, 9.17) is 0 Å². The van der Waals surface area contributed by atoms with E-state index >= 15 is 0 Å². The van der Waals surface area contributed by atoms with Gasteiger partial charge >= 0.3 is 6.03 Å². The minimum Gasteiger partial charge on any atom is -0.323 e. The number of rotatable bonds is 4. The number of amides is 4. The van der Waals surface area contributed by atoms with Gasteiger partial charge in [-0.05, 0) is 86.9 Å². The van der Waals surface area contributed by atoms with E-state index < -0.39 is 17.5 Å². The lowest BCUT2D eigenvalue weighted by Gasteiger charge is -2.55. The highest BCUT2D eigenvalue weighted by atomic mass is 32.1. The molecule has 0 radical (unpaired) electrons. The first-order valence-corrected chi connectivity index (χ1v) is 13.6. The molecule has 7 rings (SSSR count). The van der Waals surface area contributed by atoms with E-state index in [0.717, 1.165) is 34.1 Å². The quantitative estimate of drug-likeness (QED) is 0.626. The van der Waals surface area contributed by atoms with E-state index in [9.17, 15) is 14.4 Å². The number of carbonyl (C=O) groups excluding carboxylic acids is 3. The predicted octanol–water partition coefficient (Wildman–Crippen LogP) is 4.08. The Bertz CT molecular complexity index is 1020. The van der Waals surface area contributed by atoms with Gasteiger partial charge in [-0.15, -0.1) is 10.2 Å². The van der Waals surface area contributed by atoms with Crippen molar-refractivity contribution in [2.45, 2.75) is 89.5 Å². The first-order chi connectivity index (χ1) is 16.0. The molecule has 4 bridgehead atoms. The van der Waals surface area contributed by atoms with Gasteiger partial charge in [-0.2, -0.15) is 0 Å². The molecule has 1 saturated heterocycles. The Morgan fingerprint density at radius 2 is 1.71 bits per heavy atom. The predicted molar refractivity (Wildman–Crippen MR) is 128 cm³/mol. The summed E-state index contributed by atoms with van der Waals surface area (Å²) in [5.74, 6) is 2.08. The molecule has 4 amide bonds. The molecule has 5 saturated carbocycles. The monoisotopic (exact) mass is 485 g/mol. The Morgan fingerprint density at radius 1 is 1.06 bits per heavy atom. The molecule has 1 spiro atoms. The SMILES string of the molecule is C[C@H]1CC(C)(C)C[C@@]2(C1)NC(=O)N(CC(=O)Nc1nnc(C34CC5CC(CC(C5)C3)C4)s1)C2=O. The molecule has 8 nitrogen and oxygen atoms in total. The molecule has 1 aromatic heterocycles. The zero-order valence-corrected chi connectivity index (χ0v) is 21.2. The van der Waals surface area contributed by atoms with Crippen molar-refractivity contribution >= 4 is 34.3 Å². The summed E-state index contributed by atoms with van der Waals surface area (Å²) in [7, 11) is 0. The molecule has 2 N–H and O–H groups in total. The fraction of sp³-hybridized carbons (Fsp3) is 0.800. The molecular weight excluding hydrogens is 450 g/mol. The molecule has 9 heteroatoms. The number of urea groups is 1. The summed E-state index contributed by atoms with van der Waals surface area (Å²) in [5.41, 5.74) is -0.802. The largest absolute Gasteiger partial charge is 0.325 e. The molecule has 1 aromatic rings. The average molecular weight is 486 g/mol. The maximum absolute atomic E-state index is 13.3. The van der Waals surface area contributed by atoms with E-state index in [0.29, 0.717) is 23.9 Å². The Labute approximate surface area is 204 Å². The van der Waals surface area contributed by atoms with E-state index in [1.54, 1.807) is 0 Å². The van der Waals surface area contributed by atoms with Gasteiger partial charge in [0.15, 0.2) is 0 Å². The number of nitrogens with zero attached hydrogens (tertiary/aromatic N) is 3. The third-order valence-corrected chi connectivity index (χ3v) is 10.2. The first-order valence-electron chi connectivity index (χ1n) is 12.8. The lowest BCUT2D eigenvalue weighted by Crippen LogP contribution is -2.54. The number of hydrogen-bond acceptors (Lipinski definition) is 6. The van der Waals surface area contributed by atoms with Gasteiger partial charge < -0.3 is 5.32 Å². The van der Waals surface area contributed by atoms with Crippen molar-refractivity contribution in [2.24, 2.45) is 29.1 Å². The van der Waals surface area contributed by atoms with Crippen LogP contribution in [-0.4, -0.2) is 45.0 Å². The summed E-state index contributed by atoms with van der Waals surface area (Å²) < 4.78 is 0. The second-order valence-electron chi connectivity index (χ2n) is 12.9. The van der Waals surface area contributed by atoms with Crippen LogP contribution in [0.5, 0.6) is 0 Å². The van der Waals surface area contributed by atoms with Crippen molar-refractivity contribution in [1.29, 1.82) is 0 Å². The lowest BCUT2D eigenvalue weighted by atomic mass is 9.50. The van der Waals surface area contributed by atoms with Crippen LogP contribution in [0, 0.1) is 29.1 Å². The van der Waals surface area contributed by atoms with Crippen LogP contribution in [0.15, 0.2) is 0 Å². The third kappa shape index (κ3) is 3.65. The summed E-state index contributed by atoms with van der Waals surface area (Å²) in [5, 5.41) is 16.0. The second-order valence-corrected chi connectivity index (χ2v) is 13.9. The van der Waals surface area contributed by atoms with Gasteiger partial charge in [0.1, 0.15) is 17.1 Å². The van der Waals surface area contributed by atoms with Gasteiger partial charge in [0, 0.05) is 5.41 Å². The fourth-order valence-electron chi connectivity index (χ4n) is 8.81. The van der Waals surface area contributed by atoms with Crippen LogP contribution < -0.4 is 10.6 Å². The number of aromatic nitrogens is 2. The first kappa shape index (κ1) is 22.4. The van der Waals surface area contributed by atoms with Crippen LogP contribution >= 0.6 is 11.3 Å². The van der Waals surface area contributed by atoms with Crippen LogP contribution in [0.4, 0.5) is 9.93 Å². The van der Waals surface area contributed by atoms with Crippen LogP contribution in [0.25, 0.3) is 0 Å². The molecule has 5 aliphatic carbocycles. The second kappa shape index (κ2) is 7.48. The van der Waals surface area contributed by atoms with Gasteiger partial charge in [0.2, 0.25) is 11.0 Å². The minimum atomic E-state index is -0.896. The highest BCUT2D eigenvalue weighted by Crippen LogP contribution is 2.61. The highest BCUT2D eigenvalue weighted by molar-refractivity contribution is 7.15. The van der Waals surface area contributed by atoms with Crippen molar-refractivity contribution in [2.75, 3.05) is 11.9 Å². The molecule has 6 fully saturated rings. The zero-order valence-electron chi connectivity index (χ0n) is 20.4. The average Bonchev–Trinajstić information content (AvgIpc) is 3.25. The lowest BCUT2D eigenvalue weighted by molar-refractivity contribution is -0.136. The molecule has 0 unspecified atom stereocenters. The topological polar surface area (TPSA) is 104 Å². The Balaban J connectivity index is 1.13. The van der Waals surface area contributed by atoms with Crippen molar-refractivity contribution in [3.05, 3.63) is 5.01 Å². The number of imide groups is 1. The van der Waals surface area contributed by atoms with E-state index in [1.165, 1.54) is 49.9 Å². The summed E-state index contributed by atoms with van der Waals surface area (Å²) in [6.45, 7) is 6.09. The fourth-order valence-corrected chi connectivity index (χ4v) is 9.79. The molecule has 0 aromatic carbocycles. The number of carbonyl (C=O) groups is 3. The van der Waals surface area contributed by atoms with Crippen LogP contribution in [0.3, 0.4) is 0 Å². The Hall–Kier alpha value is -2.03. The third-order valence-electron chi connectivity index (χ3n) is 9.09. The molecular formula is C25H35N5O3S. The zero-order chi connectivity index (χ0) is 23.9. The van der Waals surface area contributed by atoms with Gasteiger partial charge in [-0.25, -0.2) is 4.79 Å². The molecule has 2 heterocycles. The van der Waals surface area contributed by atoms with E-state index in [-0.39, 0.29) is 23.3 Å². The van der Waals surface area contributed by atoms with Crippen LogP contribution in [0.1, 0.15) is 83.6 Å². The van der Waals surface area contributed by atoms with Crippen molar-refractivity contribution in [3.63, 3.8) is 0 Å². The Morgan fingerprint density at radius 3 is 2.32 bits per heavy atom. The maximum atomic E-state index is 13.3. The summed E-state index contributed by atoms with van der Waals surface area (Å²) >= 11 is 1.47.